The lowest BCUT2D eigenvalue weighted by atomic mass is 10.0. The van der Waals surface area contributed by atoms with Gasteiger partial charge in [0, 0.05) is 21.6 Å². The van der Waals surface area contributed by atoms with Gasteiger partial charge < -0.3 is 0 Å². The van der Waals surface area contributed by atoms with Crippen LogP contribution in [0.1, 0.15) is 61.4 Å². The number of hydrogen-bond acceptors (Lipinski definition) is 2. The molecule has 0 heterocycles. The molecule has 0 radical (unpaired) electrons. The van der Waals surface area contributed by atoms with Crippen molar-refractivity contribution < 1.29 is 9.00 Å². The second-order valence-corrected chi connectivity index (χ2v) is 7.35. The van der Waals surface area contributed by atoms with Crippen LogP contribution in [0.4, 0.5) is 0 Å². The Hall–Kier alpha value is -0.960. The van der Waals surface area contributed by atoms with Gasteiger partial charge in [-0.25, -0.2) is 0 Å². The molecule has 1 fully saturated rings. The van der Waals surface area contributed by atoms with Gasteiger partial charge in [0.05, 0.1) is 5.75 Å². The Bertz CT molecular complexity index is 456. The van der Waals surface area contributed by atoms with Crippen molar-refractivity contribution in [3.8, 4) is 0 Å². The molecule has 0 aromatic heterocycles. The molecule has 1 aromatic rings. The summed E-state index contributed by atoms with van der Waals surface area (Å²) in [5, 5.41) is 0.249. The van der Waals surface area contributed by atoms with Crippen LogP contribution in [0.5, 0.6) is 0 Å². The van der Waals surface area contributed by atoms with Crippen molar-refractivity contribution in [2.45, 2.75) is 50.7 Å². The maximum atomic E-state index is 12.1. The van der Waals surface area contributed by atoms with Crippen molar-refractivity contribution in [2.24, 2.45) is 0 Å². The van der Waals surface area contributed by atoms with Crippen molar-refractivity contribution in [2.75, 3.05) is 5.75 Å². The van der Waals surface area contributed by atoms with Gasteiger partial charge in [0.25, 0.3) is 0 Å². The van der Waals surface area contributed by atoms with E-state index < -0.39 is 10.8 Å². The molecule has 1 aromatic carbocycles. The van der Waals surface area contributed by atoms with Crippen LogP contribution < -0.4 is 0 Å². The fourth-order valence-corrected chi connectivity index (χ4v) is 4.06. The second kappa shape index (κ2) is 6.47. The third kappa shape index (κ3) is 3.75. The highest BCUT2D eigenvalue weighted by atomic mass is 32.2. The SMILES string of the molecule is CC(C)c1ccc(C(=O)CS(=O)C2CCCC2)cc1. The van der Waals surface area contributed by atoms with Crippen LogP contribution in [0.3, 0.4) is 0 Å². The molecule has 0 N–H and O–H groups in total. The van der Waals surface area contributed by atoms with E-state index in [1.54, 1.807) is 0 Å². The number of ketones is 1. The Morgan fingerprint density at radius 2 is 1.79 bits per heavy atom. The molecule has 1 aliphatic carbocycles. The van der Waals surface area contributed by atoms with E-state index in [1.165, 1.54) is 5.56 Å². The predicted octanol–water partition coefficient (Wildman–Crippen LogP) is 3.68. The minimum atomic E-state index is -0.990. The number of hydrogen-bond donors (Lipinski definition) is 0. The zero-order chi connectivity index (χ0) is 13.8. The zero-order valence-corrected chi connectivity index (χ0v) is 12.5. The molecular weight excluding hydrogens is 256 g/mol. The smallest absolute Gasteiger partial charge is 0.175 e. The summed E-state index contributed by atoms with van der Waals surface area (Å²) in [5.41, 5.74) is 1.92. The largest absolute Gasteiger partial charge is 0.293 e. The number of rotatable bonds is 5. The van der Waals surface area contributed by atoms with E-state index in [9.17, 15) is 9.00 Å². The van der Waals surface area contributed by atoms with Gasteiger partial charge in [-0.15, -0.1) is 0 Å². The molecule has 0 saturated heterocycles. The van der Waals surface area contributed by atoms with Gasteiger partial charge in [-0.2, -0.15) is 0 Å². The molecule has 104 valence electrons. The number of carbonyl (C=O) groups is 1. The Labute approximate surface area is 118 Å². The second-order valence-electron chi connectivity index (χ2n) is 5.63. The summed E-state index contributed by atoms with van der Waals surface area (Å²) in [7, 11) is -0.990. The van der Waals surface area contributed by atoms with Crippen LogP contribution >= 0.6 is 0 Å². The molecule has 1 aliphatic rings. The Balaban J connectivity index is 1.97. The molecule has 0 amide bonds. The highest BCUT2D eigenvalue weighted by Crippen LogP contribution is 2.23. The number of carbonyl (C=O) groups excluding carboxylic acids is 1. The fourth-order valence-electron chi connectivity index (χ4n) is 2.54. The van der Waals surface area contributed by atoms with Gasteiger partial charge in [0.15, 0.2) is 5.78 Å². The standard InChI is InChI=1S/C16H22O2S/c1-12(2)13-7-9-14(10-8-13)16(17)11-19(18)15-5-3-4-6-15/h7-10,12,15H,3-6,11H2,1-2H3. The first-order valence-electron chi connectivity index (χ1n) is 7.08. The normalized spacial score (nSPS) is 17.8. The zero-order valence-electron chi connectivity index (χ0n) is 11.7. The monoisotopic (exact) mass is 278 g/mol. The minimum Gasteiger partial charge on any atom is -0.293 e. The van der Waals surface area contributed by atoms with Crippen molar-refractivity contribution >= 4 is 16.6 Å². The maximum Gasteiger partial charge on any atom is 0.175 e. The van der Waals surface area contributed by atoms with E-state index in [2.05, 4.69) is 13.8 Å². The lowest BCUT2D eigenvalue weighted by molar-refractivity contribution is 0.102. The molecule has 0 aliphatic heterocycles. The third-order valence-corrected chi connectivity index (χ3v) is 5.61. The summed E-state index contributed by atoms with van der Waals surface area (Å²) in [4.78, 5) is 12.1. The van der Waals surface area contributed by atoms with E-state index >= 15 is 0 Å². The lowest BCUT2D eigenvalue weighted by Gasteiger charge is -2.09. The van der Waals surface area contributed by atoms with E-state index in [4.69, 9.17) is 0 Å². The predicted molar refractivity (Wildman–Crippen MR) is 80.1 cm³/mol. The average Bonchev–Trinajstić information content (AvgIpc) is 2.92. The van der Waals surface area contributed by atoms with E-state index in [1.807, 2.05) is 24.3 Å². The van der Waals surface area contributed by atoms with Crippen LogP contribution in [0, 0.1) is 0 Å². The topological polar surface area (TPSA) is 34.1 Å². The molecule has 3 heteroatoms. The van der Waals surface area contributed by atoms with Gasteiger partial charge in [0.2, 0.25) is 0 Å². The Morgan fingerprint density at radius 3 is 2.32 bits per heavy atom. The van der Waals surface area contributed by atoms with E-state index in [0.29, 0.717) is 11.5 Å². The van der Waals surface area contributed by atoms with Gasteiger partial charge in [-0.05, 0) is 24.3 Å². The first kappa shape index (κ1) is 14.4. The quantitative estimate of drug-likeness (QED) is 0.770. The summed E-state index contributed by atoms with van der Waals surface area (Å²) in [6.45, 7) is 4.26. The first-order chi connectivity index (χ1) is 9.08. The van der Waals surface area contributed by atoms with Gasteiger partial charge in [0.1, 0.15) is 0 Å². The maximum absolute atomic E-state index is 12.1. The number of Topliss-reactive ketones (excluding diaryl/α,β-unsaturated/α-hetero) is 1. The molecule has 2 nitrogen and oxygen atoms in total. The summed E-state index contributed by atoms with van der Waals surface area (Å²) >= 11 is 0. The van der Waals surface area contributed by atoms with Gasteiger partial charge in [-0.1, -0.05) is 51.0 Å². The first-order valence-corrected chi connectivity index (χ1v) is 8.46. The average molecular weight is 278 g/mol. The van der Waals surface area contributed by atoms with Crippen LogP contribution in [-0.2, 0) is 10.8 Å². The van der Waals surface area contributed by atoms with Crippen molar-refractivity contribution in [3.63, 3.8) is 0 Å². The van der Waals surface area contributed by atoms with Crippen LogP contribution in [0.25, 0.3) is 0 Å². The lowest BCUT2D eigenvalue weighted by Crippen LogP contribution is -2.19. The summed E-state index contributed by atoms with van der Waals surface area (Å²) < 4.78 is 12.1. The fraction of sp³-hybridized carbons (Fsp3) is 0.562. The van der Waals surface area contributed by atoms with Crippen molar-refractivity contribution in [3.05, 3.63) is 35.4 Å². The van der Waals surface area contributed by atoms with Crippen molar-refractivity contribution in [1.29, 1.82) is 0 Å². The third-order valence-electron chi connectivity index (χ3n) is 3.85. The van der Waals surface area contributed by atoms with Crippen molar-refractivity contribution in [1.82, 2.24) is 0 Å². The molecule has 0 spiro atoms. The molecule has 2 rings (SSSR count). The highest BCUT2D eigenvalue weighted by molar-refractivity contribution is 7.86. The van der Waals surface area contributed by atoms with E-state index in [-0.39, 0.29) is 16.8 Å². The summed E-state index contributed by atoms with van der Waals surface area (Å²) in [6.07, 6.45) is 4.36. The Morgan fingerprint density at radius 1 is 1.21 bits per heavy atom. The minimum absolute atomic E-state index is 0.0144. The summed E-state index contributed by atoms with van der Waals surface area (Å²) in [5.74, 6) is 0.670. The van der Waals surface area contributed by atoms with E-state index in [0.717, 1.165) is 25.7 Å². The molecule has 1 atom stereocenters. The van der Waals surface area contributed by atoms with Crippen LogP contribution in [-0.4, -0.2) is 21.0 Å². The molecular formula is C16H22O2S. The van der Waals surface area contributed by atoms with Gasteiger partial charge in [-0.3, -0.25) is 9.00 Å². The van der Waals surface area contributed by atoms with Crippen LogP contribution in [0.2, 0.25) is 0 Å². The van der Waals surface area contributed by atoms with Gasteiger partial charge >= 0.3 is 0 Å². The molecule has 1 saturated carbocycles. The molecule has 19 heavy (non-hydrogen) atoms. The highest BCUT2D eigenvalue weighted by Gasteiger charge is 2.23. The molecule has 0 bridgehead atoms. The molecule has 1 unspecified atom stereocenters. The number of benzene rings is 1. The van der Waals surface area contributed by atoms with Crippen LogP contribution in [0.15, 0.2) is 24.3 Å². The summed E-state index contributed by atoms with van der Waals surface area (Å²) in [6, 6.07) is 7.72. The Kier molecular flexibility index (Phi) is 4.92.